The number of carbonyl (C=O) groups is 2. The van der Waals surface area contributed by atoms with Gasteiger partial charge in [0.05, 0.1) is 0 Å². The van der Waals surface area contributed by atoms with Gasteiger partial charge in [-0.05, 0) is 5.56 Å². The summed E-state index contributed by atoms with van der Waals surface area (Å²) in [6, 6.07) is 8.80. The van der Waals surface area contributed by atoms with Crippen molar-refractivity contribution in [2.75, 3.05) is 19.6 Å². The summed E-state index contributed by atoms with van der Waals surface area (Å²) in [5, 5.41) is 2.79. The summed E-state index contributed by atoms with van der Waals surface area (Å²) in [6.07, 6.45) is 0.274. The molecule has 1 atom stereocenters. The SMILES string of the molecule is Cl.NCCC(=O)N1CCNC(=O)C1c1ccccc1. The van der Waals surface area contributed by atoms with Gasteiger partial charge in [-0.15, -0.1) is 12.4 Å². The summed E-state index contributed by atoms with van der Waals surface area (Å²) in [4.78, 5) is 25.6. The van der Waals surface area contributed by atoms with Crippen molar-refractivity contribution in [1.29, 1.82) is 0 Å². The Labute approximate surface area is 118 Å². The fraction of sp³-hybridized carbons (Fsp3) is 0.385. The average molecular weight is 284 g/mol. The number of amides is 2. The zero-order valence-corrected chi connectivity index (χ0v) is 11.4. The van der Waals surface area contributed by atoms with Crippen molar-refractivity contribution >= 4 is 24.2 Å². The van der Waals surface area contributed by atoms with Crippen LogP contribution in [0.15, 0.2) is 30.3 Å². The molecule has 3 N–H and O–H groups in total. The number of hydrogen-bond acceptors (Lipinski definition) is 3. The molecular formula is C13H18ClN3O2. The monoisotopic (exact) mass is 283 g/mol. The Hall–Kier alpha value is -1.59. The molecule has 6 heteroatoms. The van der Waals surface area contributed by atoms with E-state index in [9.17, 15) is 9.59 Å². The predicted molar refractivity (Wildman–Crippen MR) is 74.8 cm³/mol. The van der Waals surface area contributed by atoms with Crippen LogP contribution in [0.25, 0.3) is 0 Å². The van der Waals surface area contributed by atoms with Gasteiger partial charge in [0.25, 0.3) is 0 Å². The van der Waals surface area contributed by atoms with E-state index in [4.69, 9.17) is 5.73 Å². The number of benzene rings is 1. The Kier molecular flexibility index (Phi) is 5.79. The Balaban J connectivity index is 0.00000180. The van der Waals surface area contributed by atoms with Gasteiger partial charge in [0.15, 0.2) is 0 Å². The van der Waals surface area contributed by atoms with E-state index in [2.05, 4.69) is 5.32 Å². The molecule has 1 unspecified atom stereocenters. The lowest BCUT2D eigenvalue weighted by atomic mass is 10.0. The minimum Gasteiger partial charge on any atom is -0.352 e. The molecule has 1 aliphatic heterocycles. The molecule has 1 aromatic carbocycles. The van der Waals surface area contributed by atoms with Crippen molar-refractivity contribution in [3.05, 3.63) is 35.9 Å². The highest BCUT2D eigenvalue weighted by atomic mass is 35.5. The topological polar surface area (TPSA) is 75.4 Å². The second-order valence-corrected chi connectivity index (χ2v) is 4.23. The van der Waals surface area contributed by atoms with Crippen molar-refractivity contribution in [3.8, 4) is 0 Å². The van der Waals surface area contributed by atoms with E-state index in [1.165, 1.54) is 0 Å². The van der Waals surface area contributed by atoms with Gasteiger partial charge in [0, 0.05) is 26.1 Å². The fourth-order valence-electron chi connectivity index (χ4n) is 2.17. The van der Waals surface area contributed by atoms with E-state index >= 15 is 0 Å². The molecular weight excluding hydrogens is 266 g/mol. The number of rotatable bonds is 3. The van der Waals surface area contributed by atoms with Crippen LogP contribution in [0.4, 0.5) is 0 Å². The number of carbonyl (C=O) groups excluding carboxylic acids is 2. The molecule has 2 rings (SSSR count). The number of nitrogens with two attached hydrogens (primary N) is 1. The molecule has 5 nitrogen and oxygen atoms in total. The van der Waals surface area contributed by atoms with Gasteiger partial charge in [0.2, 0.25) is 11.8 Å². The first-order valence-electron chi connectivity index (χ1n) is 6.06. The molecule has 0 spiro atoms. The zero-order chi connectivity index (χ0) is 13.0. The van der Waals surface area contributed by atoms with Crippen molar-refractivity contribution in [1.82, 2.24) is 10.2 Å². The smallest absolute Gasteiger partial charge is 0.247 e. The maximum absolute atomic E-state index is 12.0. The van der Waals surface area contributed by atoms with Gasteiger partial charge in [-0.1, -0.05) is 30.3 Å². The Morgan fingerprint density at radius 2 is 2.05 bits per heavy atom. The lowest BCUT2D eigenvalue weighted by molar-refractivity contribution is -0.143. The number of halogens is 1. The van der Waals surface area contributed by atoms with Crippen molar-refractivity contribution < 1.29 is 9.59 Å². The quantitative estimate of drug-likeness (QED) is 0.846. The molecule has 104 valence electrons. The summed E-state index contributed by atoms with van der Waals surface area (Å²) in [7, 11) is 0. The molecule has 1 aromatic rings. The molecule has 0 saturated carbocycles. The van der Waals surface area contributed by atoms with Crippen LogP contribution in [0.1, 0.15) is 18.0 Å². The number of nitrogens with one attached hydrogen (secondary N) is 1. The second-order valence-electron chi connectivity index (χ2n) is 4.23. The number of hydrogen-bond donors (Lipinski definition) is 2. The highest BCUT2D eigenvalue weighted by Crippen LogP contribution is 2.23. The summed E-state index contributed by atoms with van der Waals surface area (Å²) in [6.45, 7) is 1.33. The third-order valence-corrected chi connectivity index (χ3v) is 3.01. The van der Waals surface area contributed by atoms with E-state index in [0.717, 1.165) is 5.56 Å². The van der Waals surface area contributed by atoms with E-state index in [1.807, 2.05) is 30.3 Å². The summed E-state index contributed by atoms with van der Waals surface area (Å²) in [5.41, 5.74) is 6.24. The minimum atomic E-state index is -0.529. The van der Waals surface area contributed by atoms with Crippen LogP contribution in [-0.4, -0.2) is 36.3 Å². The molecule has 19 heavy (non-hydrogen) atoms. The molecule has 0 aliphatic carbocycles. The molecule has 1 saturated heterocycles. The maximum atomic E-state index is 12.0. The van der Waals surface area contributed by atoms with Crippen LogP contribution in [-0.2, 0) is 9.59 Å². The van der Waals surface area contributed by atoms with Crippen LogP contribution in [0, 0.1) is 0 Å². The average Bonchev–Trinajstić information content (AvgIpc) is 2.39. The second kappa shape index (κ2) is 7.11. The number of nitrogens with zero attached hydrogens (tertiary/aromatic N) is 1. The van der Waals surface area contributed by atoms with E-state index in [1.54, 1.807) is 4.90 Å². The summed E-state index contributed by atoms with van der Waals surface area (Å²) >= 11 is 0. The first kappa shape index (κ1) is 15.5. The van der Waals surface area contributed by atoms with Crippen LogP contribution < -0.4 is 11.1 Å². The molecule has 0 bridgehead atoms. The van der Waals surface area contributed by atoms with E-state index in [0.29, 0.717) is 19.6 Å². The van der Waals surface area contributed by atoms with Gasteiger partial charge in [-0.2, -0.15) is 0 Å². The molecule has 0 radical (unpaired) electrons. The largest absolute Gasteiger partial charge is 0.352 e. The van der Waals surface area contributed by atoms with Crippen LogP contribution in [0.2, 0.25) is 0 Å². The van der Waals surface area contributed by atoms with Crippen molar-refractivity contribution in [3.63, 3.8) is 0 Å². The first-order valence-corrected chi connectivity index (χ1v) is 6.06. The fourth-order valence-corrected chi connectivity index (χ4v) is 2.17. The van der Waals surface area contributed by atoms with E-state index < -0.39 is 6.04 Å². The Morgan fingerprint density at radius 1 is 1.37 bits per heavy atom. The summed E-state index contributed by atoms with van der Waals surface area (Å²) in [5.74, 6) is -0.195. The minimum absolute atomic E-state index is 0. The molecule has 0 aromatic heterocycles. The standard InChI is InChI=1S/C13H17N3O2.ClH/c14-7-6-11(17)16-9-8-15-13(18)12(16)10-4-2-1-3-5-10;/h1-5,12H,6-9,14H2,(H,15,18);1H. The molecule has 2 amide bonds. The Morgan fingerprint density at radius 3 is 2.68 bits per heavy atom. The van der Waals surface area contributed by atoms with Crippen LogP contribution in [0.3, 0.4) is 0 Å². The highest BCUT2D eigenvalue weighted by molar-refractivity contribution is 5.89. The molecule has 1 heterocycles. The van der Waals surface area contributed by atoms with Gasteiger partial charge >= 0.3 is 0 Å². The van der Waals surface area contributed by atoms with Crippen LogP contribution >= 0.6 is 12.4 Å². The van der Waals surface area contributed by atoms with Gasteiger partial charge in [-0.3, -0.25) is 9.59 Å². The summed E-state index contributed by atoms with van der Waals surface area (Å²) < 4.78 is 0. The van der Waals surface area contributed by atoms with Crippen molar-refractivity contribution in [2.45, 2.75) is 12.5 Å². The number of piperazine rings is 1. The van der Waals surface area contributed by atoms with Crippen LogP contribution in [0.5, 0.6) is 0 Å². The lowest BCUT2D eigenvalue weighted by Gasteiger charge is -2.35. The van der Waals surface area contributed by atoms with Gasteiger partial charge in [0.1, 0.15) is 6.04 Å². The first-order chi connectivity index (χ1) is 8.74. The normalized spacial score (nSPS) is 18.5. The molecule has 1 aliphatic rings. The highest BCUT2D eigenvalue weighted by Gasteiger charge is 2.33. The third-order valence-electron chi connectivity index (χ3n) is 3.01. The van der Waals surface area contributed by atoms with E-state index in [-0.39, 0.29) is 30.6 Å². The zero-order valence-electron chi connectivity index (χ0n) is 10.5. The maximum Gasteiger partial charge on any atom is 0.247 e. The van der Waals surface area contributed by atoms with Crippen molar-refractivity contribution in [2.24, 2.45) is 5.73 Å². The van der Waals surface area contributed by atoms with Gasteiger partial charge in [-0.25, -0.2) is 0 Å². The lowest BCUT2D eigenvalue weighted by Crippen LogP contribution is -2.52. The van der Waals surface area contributed by atoms with Gasteiger partial charge < -0.3 is 16.0 Å². The predicted octanol–water partition coefficient (Wildman–Crippen LogP) is 0.457. The third kappa shape index (κ3) is 3.45. The Bertz CT molecular complexity index is 439. The molecule has 1 fully saturated rings.